The van der Waals surface area contributed by atoms with Gasteiger partial charge in [0.1, 0.15) is 0 Å². The van der Waals surface area contributed by atoms with Crippen LogP contribution in [0.2, 0.25) is 0 Å². The van der Waals surface area contributed by atoms with Gasteiger partial charge in [0.2, 0.25) is 15.9 Å². The van der Waals surface area contributed by atoms with Gasteiger partial charge in [-0.2, -0.15) is 4.31 Å². The summed E-state index contributed by atoms with van der Waals surface area (Å²) in [5.41, 5.74) is 2.00. The average Bonchev–Trinajstić information content (AvgIpc) is 3.07. The summed E-state index contributed by atoms with van der Waals surface area (Å²) in [6.45, 7) is 1.89. The Labute approximate surface area is 187 Å². The maximum Gasteiger partial charge on any atom is 0.243 e. The van der Waals surface area contributed by atoms with E-state index in [1.54, 1.807) is 35.2 Å². The molecule has 30 heavy (non-hydrogen) atoms. The number of halogens is 1. The smallest absolute Gasteiger partial charge is 0.243 e. The quantitative estimate of drug-likeness (QED) is 0.607. The standard InChI is InChI=1S/C23H27BrN2O3S/c1-17-14-18-15-19(24)12-13-22(18)26(17)23(27)16-25(20-8-4-2-5-9-20)30(28,29)21-10-6-3-7-11-21/h3,6-7,10-13,15,17,20H,2,4-5,8-9,14,16H2,1H3/t17-/m1/s1. The highest BCUT2D eigenvalue weighted by Crippen LogP contribution is 2.35. The van der Waals surface area contributed by atoms with E-state index in [2.05, 4.69) is 15.9 Å². The molecule has 1 saturated carbocycles. The SMILES string of the molecule is C[C@@H]1Cc2cc(Br)ccc2N1C(=O)CN(C1CCCCC1)S(=O)(=O)c1ccccc1. The third-order valence-electron chi connectivity index (χ3n) is 6.15. The second kappa shape index (κ2) is 8.81. The largest absolute Gasteiger partial charge is 0.308 e. The summed E-state index contributed by atoms with van der Waals surface area (Å²) in [5.74, 6) is -0.159. The molecule has 160 valence electrons. The van der Waals surface area contributed by atoms with E-state index in [1.807, 2.05) is 25.1 Å². The summed E-state index contributed by atoms with van der Waals surface area (Å²) in [6.07, 6.45) is 5.49. The van der Waals surface area contributed by atoms with Crippen LogP contribution in [0.1, 0.15) is 44.6 Å². The Hall–Kier alpha value is -1.70. The van der Waals surface area contributed by atoms with Gasteiger partial charge < -0.3 is 4.90 Å². The Bertz CT molecular complexity index is 1020. The van der Waals surface area contributed by atoms with E-state index in [-0.39, 0.29) is 29.4 Å². The highest BCUT2D eigenvalue weighted by atomic mass is 79.9. The van der Waals surface area contributed by atoms with E-state index >= 15 is 0 Å². The lowest BCUT2D eigenvalue weighted by molar-refractivity contribution is -0.119. The Kier molecular flexibility index (Phi) is 6.32. The number of benzene rings is 2. The third kappa shape index (κ3) is 4.20. The fraction of sp³-hybridized carbons (Fsp3) is 0.435. The summed E-state index contributed by atoms with van der Waals surface area (Å²) in [6, 6.07) is 14.3. The second-order valence-corrected chi connectivity index (χ2v) is 11.1. The van der Waals surface area contributed by atoms with Crippen molar-refractivity contribution in [2.24, 2.45) is 0 Å². The molecule has 1 aliphatic heterocycles. The summed E-state index contributed by atoms with van der Waals surface area (Å²) in [7, 11) is -3.75. The number of fused-ring (bicyclic) bond motifs is 1. The lowest BCUT2D eigenvalue weighted by Gasteiger charge is -2.34. The lowest BCUT2D eigenvalue weighted by atomic mass is 9.95. The molecule has 2 aromatic carbocycles. The van der Waals surface area contributed by atoms with E-state index in [4.69, 9.17) is 0 Å². The predicted molar refractivity (Wildman–Crippen MR) is 122 cm³/mol. The number of anilines is 1. The number of sulfonamides is 1. The fourth-order valence-corrected chi connectivity index (χ4v) is 6.76. The summed E-state index contributed by atoms with van der Waals surface area (Å²) >= 11 is 3.50. The van der Waals surface area contributed by atoms with Crippen molar-refractivity contribution in [3.05, 3.63) is 58.6 Å². The van der Waals surface area contributed by atoms with Crippen LogP contribution in [0.4, 0.5) is 5.69 Å². The van der Waals surface area contributed by atoms with Crippen molar-refractivity contribution in [3.63, 3.8) is 0 Å². The van der Waals surface area contributed by atoms with Gasteiger partial charge in [0.15, 0.2) is 0 Å². The van der Waals surface area contributed by atoms with Crippen molar-refractivity contribution in [2.75, 3.05) is 11.4 Å². The van der Waals surface area contributed by atoms with Crippen LogP contribution >= 0.6 is 15.9 Å². The van der Waals surface area contributed by atoms with Crippen molar-refractivity contribution in [3.8, 4) is 0 Å². The van der Waals surface area contributed by atoms with Crippen molar-refractivity contribution in [1.29, 1.82) is 0 Å². The van der Waals surface area contributed by atoms with E-state index in [1.165, 1.54) is 4.31 Å². The molecule has 1 heterocycles. The van der Waals surface area contributed by atoms with Gasteiger partial charge >= 0.3 is 0 Å². The van der Waals surface area contributed by atoms with Gasteiger partial charge in [0.25, 0.3) is 0 Å². The first-order valence-corrected chi connectivity index (χ1v) is 12.8. The van der Waals surface area contributed by atoms with Gasteiger partial charge in [-0.3, -0.25) is 4.79 Å². The zero-order valence-electron chi connectivity index (χ0n) is 17.1. The number of amides is 1. The van der Waals surface area contributed by atoms with Gasteiger partial charge in [-0.05, 0) is 62.1 Å². The van der Waals surface area contributed by atoms with Crippen LogP contribution in [0.15, 0.2) is 57.9 Å². The molecular weight excluding hydrogens is 464 g/mol. The molecule has 1 fully saturated rings. The van der Waals surface area contributed by atoms with Gasteiger partial charge in [-0.25, -0.2) is 8.42 Å². The Balaban J connectivity index is 1.65. The van der Waals surface area contributed by atoms with Gasteiger partial charge in [-0.1, -0.05) is 53.4 Å². The number of nitrogens with zero attached hydrogens (tertiary/aromatic N) is 2. The molecule has 0 aromatic heterocycles. The number of hydrogen-bond donors (Lipinski definition) is 0. The maximum absolute atomic E-state index is 13.5. The molecule has 0 bridgehead atoms. The zero-order valence-corrected chi connectivity index (χ0v) is 19.5. The molecule has 7 heteroatoms. The molecule has 4 rings (SSSR count). The Morgan fingerprint density at radius 2 is 1.80 bits per heavy atom. The third-order valence-corrected chi connectivity index (χ3v) is 8.55. The Morgan fingerprint density at radius 3 is 2.50 bits per heavy atom. The van der Waals surface area contributed by atoms with Gasteiger partial charge in [0.05, 0.1) is 11.4 Å². The van der Waals surface area contributed by atoms with Crippen molar-refractivity contribution < 1.29 is 13.2 Å². The summed E-state index contributed by atoms with van der Waals surface area (Å²) in [5, 5.41) is 0. The van der Waals surface area contributed by atoms with Crippen LogP contribution in [0.3, 0.4) is 0 Å². The van der Waals surface area contributed by atoms with Crippen molar-refractivity contribution in [1.82, 2.24) is 4.31 Å². The van der Waals surface area contributed by atoms with Crippen LogP contribution < -0.4 is 4.90 Å². The molecule has 0 unspecified atom stereocenters. The molecule has 0 saturated heterocycles. The second-order valence-electron chi connectivity index (χ2n) is 8.25. The van der Waals surface area contributed by atoms with E-state index < -0.39 is 10.0 Å². The van der Waals surface area contributed by atoms with E-state index in [0.29, 0.717) is 0 Å². The summed E-state index contributed by atoms with van der Waals surface area (Å²) < 4.78 is 29.5. The van der Waals surface area contributed by atoms with Gasteiger partial charge in [0, 0.05) is 22.2 Å². The molecule has 1 aliphatic carbocycles. The average molecular weight is 491 g/mol. The normalized spacial score (nSPS) is 19.8. The molecule has 0 spiro atoms. The lowest BCUT2D eigenvalue weighted by Crippen LogP contribution is -2.49. The number of rotatable bonds is 5. The van der Waals surface area contributed by atoms with Gasteiger partial charge in [-0.15, -0.1) is 0 Å². The van der Waals surface area contributed by atoms with Crippen LogP contribution in [-0.4, -0.2) is 37.3 Å². The Morgan fingerprint density at radius 1 is 1.10 bits per heavy atom. The molecule has 0 N–H and O–H groups in total. The highest BCUT2D eigenvalue weighted by molar-refractivity contribution is 9.10. The van der Waals surface area contributed by atoms with Crippen LogP contribution in [0.25, 0.3) is 0 Å². The fourth-order valence-electron chi connectivity index (χ4n) is 4.70. The number of carbonyl (C=O) groups is 1. The van der Waals surface area contributed by atoms with Crippen LogP contribution in [0, 0.1) is 0 Å². The maximum atomic E-state index is 13.5. The first-order chi connectivity index (χ1) is 14.4. The molecule has 2 aromatic rings. The first kappa shape index (κ1) is 21.5. The molecule has 5 nitrogen and oxygen atoms in total. The minimum absolute atomic E-state index is 0.00874. The van der Waals surface area contributed by atoms with Crippen molar-refractivity contribution in [2.45, 2.75) is 62.4 Å². The predicted octanol–water partition coefficient (Wildman–Crippen LogP) is 4.75. The molecular formula is C23H27BrN2O3S. The number of hydrogen-bond acceptors (Lipinski definition) is 3. The van der Waals surface area contributed by atoms with Crippen LogP contribution in [0.5, 0.6) is 0 Å². The van der Waals surface area contributed by atoms with Crippen molar-refractivity contribution >= 4 is 37.5 Å². The monoisotopic (exact) mass is 490 g/mol. The van der Waals surface area contributed by atoms with E-state index in [9.17, 15) is 13.2 Å². The van der Waals surface area contributed by atoms with Crippen LogP contribution in [-0.2, 0) is 21.2 Å². The number of carbonyl (C=O) groups excluding carboxylic acids is 1. The zero-order chi connectivity index (χ0) is 21.3. The summed E-state index contributed by atoms with van der Waals surface area (Å²) in [4.78, 5) is 15.5. The molecule has 1 atom stereocenters. The first-order valence-electron chi connectivity index (χ1n) is 10.6. The highest BCUT2D eigenvalue weighted by Gasteiger charge is 2.38. The molecule has 0 radical (unpaired) electrons. The molecule has 2 aliphatic rings. The topological polar surface area (TPSA) is 57.7 Å². The minimum Gasteiger partial charge on any atom is -0.308 e. The minimum atomic E-state index is -3.75. The molecule has 1 amide bonds. The van der Waals surface area contributed by atoms with E-state index in [0.717, 1.165) is 54.2 Å².